The number of benzene rings is 1. The molecule has 7 nitrogen and oxygen atoms in total. The fraction of sp³-hybridized carbons (Fsp3) is 0.250. The molecule has 1 atom stereocenters. The predicted molar refractivity (Wildman–Crippen MR) is 120 cm³/mol. The van der Waals surface area contributed by atoms with E-state index in [1.54, 1.807) is 24.8 Å². The van der Waals surface area contributed by atoms with Crippen LogP contribution in [0.2, 0.25) is 0 Å². The summed E-state index contributed by atoms with van der Waals surface area (Å²) in [4.78, 5) is 21.7. The zero-order chi connectivity index (χ0) is 22.0. The third-order valence-corrected chi connectivity index (χ3v) is 4.84. The normalized spacial score (nSPS) is 12.5. The van der Waals surface area contributed by atoms with Crippen LogP contribution in [-0.4, -0.2) is 31.7 Å². The van der Waals surface area contributed by atoms with Crippen LogP contribution in [0.1, 0.15) is 49.7 Å². The third kappa shape index (κ3) is 4.55. The molecule has 1 aromatic carbocycles. The molecule has 2 N–H and O–H groups in total. The number of ether oxygens (including phenoxy) is 1. The molecule has 0 aliphatic carbocycles. The summed E-state index contributed by atoms with van der Waals surface area (Å²) < 4.78 is 6.06. The Kier molecular flexibility index (Phi) is 5.42. The molecule has 158 valence electrons. The van der Waals surface area contributed by atoms with Gasteiger partial charge in [-0.15, -0.1) is 0 Å². The Morgan fingerprint density at radius 1 is 1.13 bits per heavy atom. The van der Waals surface area contributed by atoms with Gasteiger partial charge < -0.3 is 10.1 Å². The van der Waals surface area contributed by atoms with Crippen LogP contribution in [0.25, 0.3) is 22.0 Å². The van der Waals surface area contributed by atoms with Gasteiger partial charge in [-0.25, -0.2) is 4.98 Å². The van der Waals surface area contributed by atoms with Crippen molar-refractivity contribution < 1.29 is 9.53 Å². The molecule has 0 spiro atoms. The molecule has 7 heteroatoms. The Bertz CT molecular complexity index is 1210. The number of hydrogen-bond donors (Lipinski definition) is 2. The number of fused-ring (bicyclic) bond motifs is 1. The van der Waals surface area contributed by atoms with Crippen molar-refractivity contribution in [1.82, 2.24) is 25.5 Å². The Hall–Kier alpha value is -3.74. The topological polar surface area (TPSA) is 92.8 Å². The summed E-state index contributed by atoms with van der Waals surface area (Å²) in [5, 5.41) is 10.9. The number of rotatable bonds is 5. The van der Waals surface area contributed by atoms with Crippen LogP contribution in [0.15, 0.2) is 61.2 Å². The molecule has 0 bridgehead atoms. The number of H-pyrrole nitrogens is 1. The lowest BCUT2D eigenvalue weighted by Crippen LogP contribution is -2.27. The monoisotopic (exact) mass is 415 g/mol. The smallest absolute Gasteiger partial charge is 0.252 e. The number of carbonyl (C=O) groups excluding carboxylic acids is 1. The average Bonchev–Trinajstić information content (AvgIpc) is 3.21. The first kappa shape index (κ1) is 20.5. The van der Waals surface area contributed by atoms with Gasteiger partial charge in [0.1, 0.15) is 5.60 Å². The van der Waals surface area contributed by atoms with Crippen molar-refractivity contribution >= 4 is 16.8 Å². The number of amides is 1. The maximum atomic E-state index is 13.2. The van der Waals surface area contributed by atoms with Crippen molar-refractivity contribution in [2.24, 2.45) is 0 Å². The van der Waals surface area contributed by atoms with Crippen LogP contribution in [0.4, 0.5) is 0 Å². The van der Waals surface area contributed by atoms with E-state index in [2.05, 4.69) is 25.5 Å². The number of carbonyl (C=O) groups is 1. The van der Waals surface area contributed by atoms with Gasteiger partial charge in [-0.1, -0.05) is 0 Å². The van der Waals surface area contributed by atoms with Crippen molar-refractivity contribution in [3.63, 3.8) is 0 Å². The van der Waals surface area contributed by atoms with Gasteiger partial charge in [-0.3, -0.25) is 14.9 Å². The van der Waals surface area contributed by atoms with Crippen molar-refractivity contribution in [3.8, 4) is 17.0 Å². The summed E-state index contributed by atoms with van der Waals surface area (Å²) in [5.74, 6) is 0.338. The molecule has 4 aromatic rings. The highest BCUT2D eigenvalue weighted by atomic mass is 16.5. The summed E-state index contributed by atoms with van der Waals surface area (Å²) in [7, 11) is 0. The zero-order valence-electron chi connectivity index (χ0n) is 18.0. The highest BCUT2D eigenvalue weighted by molar-refractivity contribution is 6.08. The average molecular weight is 415 g/mol. The molecule has 3 heterocycles. The van der Waals surface area contributed by atoms with Crippen LogP contribution in [-0.2, 0) is 0 Å². The Morgan fingerprint density at radius 2 is 1.90 bits per heavy atom. The molecule has 0 saturated carbocycles. The van der Waals surface area contributed by atoms with Crippen molar-refractivity contribution in [2.45, 2.75) is 39.3 Å². The first-order chi connectivity index (χ1) is 14.8. The molecule has 0 aliphatic rings. The standard InChI is InChI=1S/C24H25N5O2/c1-15(16-7-10-25-11-8-16)28-22(30)19-12-17(13-21-20(19)14-27-29-21)18-6-5-9-26-23(18)31-24(2,3)4/h5-15H,1-4H3,(H,27,29)(H,28,30). The minimum atomic E-state index is -0.401. The maximum absolute atomic E-state index is 13.2. The molecule has 0 fully saturated rings. The Balaban J connectivity index is 1.74. The Labute approximate surface area is 180 Å². The zero-order valence-corrected chi connectivity index (χ0v) is 18.0. The predicted octanol–water partition coefficient (Wildman–Crippen LogP) is 4.69. The van der Waals surface area contributed by atoms with Crippen LogP contribution < -0.4 is 10.1 Å². The summed E-state index contributed by atoms with van der Waals surface area (Å²) in [6, 6.07) is 11.2. The fourth-order valence-electron chi connectivity index (χ4n) is 3.39. The second-order valence-corrected chi connectivity index (χ2v) is 8.40. The first-order valence-electron chi connectivity index (χ1n) is 10.1. The second-order valence-electron chi connectivity index (χ2n) is 8.40. The summed E-state index contributed by atoms with van der Waals surface area (Å²) >= 11 is 0. The van der Waals surface area contributed by atoms with Gasteiger partial charge >= 0.3 is 0 Å². The van der Waals surface area contributed by atoms with E-state index in [-0.39, 0.29) is 11.9 Å². The minimum absolute atomic E-state index is 0.167. The van der Waals surface area contributed by atoms with E-state index in [1.807, 2.05) is 64.1 Å². The number of nitrogens with zero attached hydrogens (tertiary/aromatic N) is 3. The van der Waals surface area contributed by atoms with Gasteiger partial charge in [0.05, 0.1) is 23.3 Å². The van der Waals surface area contributed by atoms with Gasteiger partial charge in [-0.05, 0) is 75.2 Å². The molecule has 4 rings (SSSR count). The highest BCUT2D eigenvalue weighted by Crippen LogP contribution is 2.33. The largest absolute Gasteiger partial charge is 0.471 e. The highest BCUT2D eigenvalue weighted by Gasteiger charge is 2.20. The summed E-state index contributed by atoms with van der Waals surface area (Å²) in [5.41, 5.74) is 3.52. The summed E-state index contributed by atoms with van der Waals surface area (Å²) in [6.07, 6.45) is 6.79. The molecule has 3 aromatic heterocycles. The van der Waals surface area contributed by atoms with Gasteiger partial charge in [-0.2, -0.15) is 5.10 Å². The van der Waals surface area contributed by atoms with Crippen LogP contribution in [0.3, 0.4) is 0 Å². The van der Waals surface area contributed by atoms with Gasteiger partial charge in [0, 0.05) is 29.5 Å². The van der Waals surface area contributed by atoms with Crippen molar-refractivity contribution in [3.05, 3.63) is 72.3 Å². The van der Waals surface area contributed by atoms with E-state index < -0.39 is 5.60 Å². The number of nitrogens with one attached hydrogen (secondary N) is 2. The van der Waals surface area contributed by atoms with Crippen molar-refractivity contribution in [2.75, 3.05) is 0 Å². The third-order valence-electron chi connectivity index (χ3n) is 4.84. The Morgan fingerprint density at radius 3 is 2.65 bits per heavy atom. The number of hydrogen-bond acceptors (Lipinski definition) is 5. The van der Waals surface area contributed by atoms with Gasteiger partial charge in [0.15, 0.2) is 0 Å². The quantitative estimate of drug-likeness (QED) is 0.493. The lowest BCUT2D eigenvalue weighted by atomic mass is 10.00. The molecular weight excluding hydrogens is 390 g/mol. The van der Waals surface area contributed by atoms with E-state index >= 15 is 0 Å². The molecule has 0 saturated heterocycles. The fourth-order valence-corrected chi connectivity index (χ4v) is 3.39. The van der Waals surface area contributed by atoms with Crippen molar-refractivity contribution in [1.29, 1.82) is 0 Å². The van der Waals surface area contributed by atoms with Gasteiger partial charge in [0.25, 0.3) is 5.91 Å². The van der Waals surface area contributed by atoms with Crippen LogP contribution in [0.5, 0.6) is 5.88 Å². The molecule has 1 unspecified atom stereocenters. The molecule has 0 aliphatic heterocycles. The molecular formula is C24H25N5O2. The molecule has 0 radical (unpaired) electrons. The lowest BCUT2D eigenvalue weighted by Gasteiger charge is -2.22. The number of pyridine rings is 2. The lowest BCUT2D eigenvalue weighted by molar-refractivity contribution is 0.0941. The second kappa shape index (κ2) is 8.18. The maximum Gasteiger partial charge on any atom is 0.252 e. The minimum Gasteiger partial charge on any atom is -0.471 e. The van der Waals surface area contributed by atoms with Crippen LogP contribution in [0, 0.1) is 0 Å². The first-order valence-corrected chi connectivity index (χ1v) is 10.1. The molecule has 1 amide bonds. The van der Waals surface area contributed by atoms with E-state index in [0.717, 1.165) is 27.6 Å². The van der Waals surface area contributed by atoms with E-state index in [1.165, 1.54) is 0 Å². The van der Waals surface area contributed by atoms with Gasteiger partial charge in [0.2, 0.25) is 5.88 Å². The number of aromatic amines is 1. The van der Waals surface area contributed by atoms with E-state index in [0.29, 0.717) is 11.4 Å². The summed E-state index contributed by atoms with van der Waals surface area (Å²) in [6.45, 7) is 7.87. The van der Waals surface area contributed by atoms with E-state index in [9.17, 15) is 4.79 Å². The molecule has 31 heavy (non-hydrogen) atoms. The van der Waals surface area contributed by atoms with E-state index in [4.69, 9.17) is 4.74 Å². The van der Waals surface area contributed by atoms with Crippen LogP contribution >= 0.6 is 0 Å². The number of aromatic nitrogens is 4. The SMILES string of the molecule is CC(NC(=O)c1cc(-c2cccnc2OC(C)(C)C)cc2[nH]ncc12)c1ccncc1.